The SMILES string of the molecule is C#CCN1CCC(NC(=O)c2n[nH]c3ccc(-c4cncc(CN5CCCCC5)c4)cc23)CC1. The summed E-state index contributed by atoms with van der Waals surface area (Å²) in [6, 6.07) is 8.46. The number of hydrogen-bond acceptors (Lipinski definition) is 5. The van der Waals surface area contributed by atoms with Gasteiger partial charge in [-0.2, -0.15) is 5.10 Å². The molecule has 2 aliphatic heterocycles. The Morgan fingerprint density at radius 1 is 1.06 bits per heavy atom. The number of pyridine rings is 1. The van der Waals surface area contributed by atoms with Crippen LogP contribution < -0.4 is 5.32 Å². The highest BCUT2D eigenvalue weighted by molar-refractivity contribution is 6.05. The Hall–Kier alpha value is -3.21. The van der Waals surface area contributed by atoms with Crippen molar-refractivity contribution in [3.05, 3.63) is 47.9 Å². The fourth-order valence-electron chi connectivity index (χ4n) is 5.09. The standard InChI is InChI=1S/C27H32N6O/c1-2-10-32-13-8-23(9-14-32)29-27(34)26-24-16-21(6-7-25(24)30-31-26)22-15-20(17-28-18-22)19-33-11-4-3-5-12-33/h1,6-7,15-18,23H,3-5,8-14,19H2,(H,29,34)(H,30,31). The van der Waals surface area contributed by atoms with Crippen LogP contribution in [-0.4, -0.2) is 69.7 Å². The van der Waals surface area contributed by atoms with Gasteiger partial charge in [-0.15, -0.1) is 6.42 Å². The molecule has 2 aromatic heterocycles. The summed E-state index contributed by atoms with van der Waals surface area (Å²) in [4.78, 5) is 22.3. The van der Waals surface area contributed by atoms with Crippen LogP contribution in [0.4, 0.5) is 0 Å². The minimum atomic E-state index is -0.129. The first kappa shape index (κ1) is 22.6. The Bertz CT molecular complexity index is 1180. The Kier molecular flexibility index (Phi) is 6.89. The molecule has 3 aromatic rings. The minimum Gasteiger partial charge on any atom is -0.348 e. The van der Waals surface area contributed by atoms with E-state index in [9.17, 15) is 4.79 Å². The first-order chi connectivity index (χ1) is 16.7. The first-order valence-corrected chi connectivity index (χ1v) is 12.3. The number of likely N-dealkylation sites (tertiary alicyclic amines) is 2. The number of benzene rings is 1. The zero-order valence-corrected chi connectivity index (χ0v) is 19.6. The lowest BCUT2D eigenvalue weighted by atomic mass is 10.0. The van der Waals surface area contributed by atoms with Crippen molar-refractivity contribution in [3.8, 4) is 23.5 Å². The van der Waals surface area contributed by atoms with Crippen LogP contribution in [0.5, 0.6) is 0 Å². The number of nitrogens with one attached hydrogen (secondary N) is 2. The summed E-state index contributed by atoms with van der Waals surface area (Å²) in [6.45, 7) is 5.73. The average Bonchev–Trinajstić information content (AvgIpc) is 3.30. The van der Waals surface area contributed by atoms with E-state index in [0.717, 1.165) is 67.6 Å². The number of carbonyl (C=O) groups excluding carboxylic acids is 1. The molecular weight excluding hydrogens is 424 g/mol. The molecule has 2 saturated heterocycles. The van der Waals surface area contributed by atoms with Crippen molar-refractivity contribution in [1.29, 1.82) is 0 Å². The number of hydrogen-bond donors (Lipinski definition) is 2. The van der Waals surface area contributed by atoms with E-state index in [-0.39, 0.29) is 11.9 Å². The second-order valence-corrected chi connectivity index (χ2v) is 9.48. The predicted octanol–water partition coefficient (Wildman–Crippen LogP) is 3.44. The Balaban J connectivity index is 1.31. The lowest BCUT2D eigenvalue weighted by Gasteiger charge is -2.30. The van der Waals surface area contributed by atoms with Crippen LogP contribution in [0.2, 0.25) is 0 Å². The lowest BCUT2D eigenvalue weighted by Crippen LogP contribution is -2.44. The van der Waals surface area contributed by atoms with E-state index < -0.39 is 0 Å². The third-order valence-electron chi connectivity index (χ3n) is 7.00. The second kappa shape index (κ2) is 10.4. The Morgan fingerprint density at radius 2 is 1.88 bits per heavy atom. The molecule has 0 bridgehead atoms. The fraction of sp³-hybridized carbons (Fsp3) is 0.444. The summed E-state index contributed by atoms with van der Waals surface area (Å²) in [7, 11) is 0. The second-order valence-electron chi connectivity index (χ2n) is 9.48. The smallest absolute Gasteiger partial charge is 0.272 e. The monoisotopic (exact) mass is 456 g/mol. The number of aromatic nitrogens is 3. The van der Waals surface area contributed by atoms with Crippen molar-refractivity contribution in [2.45, 2.75) is 44.7 Å². The van der Waals surface area contributed by atoms with Crippen molar-refractivity contribution >= 4 is 16.8 Å². The maximum absolute atomic E-state index is 13.1. The van der Waals surface area contributed by atoms with Crippen molar-refractivity contribution in [2.24, 2.45) is 0 Å². The molecule has 2 N–H and O–H groups in total. The number of piperidine rings is 2. The summed E-state index contributed by atoms with van der Waals surface area (Å²) in [5.74, 6) is 2.57. The molecule has 0 atom stereocenters. The molecule has 0 unspecified atom stereocenters. The van der Waals surface area contributed by atoms with Gasteiger partial charge in [0.2, 0.25) is 0 Å². The van der Waals surface area contributed by atoms with Crippen LogP contribution >= 0.6 is 0 Å². The number of fused-ring (bicyclic) bond motifs is 1. The van der Waals surface area contributed by atoms with Crippen LogP contribution in [0.1, 0.15) is 48.2 Å². The fourth-order valence-corrected chi connectivity index (χ4v) is 5.09. The third-order valence-corrected chi connectivity index (χ3v) is 7.00. The van der Waals surface area contributed by atoms with Crippen LogP contribution in [0.15, 0.2) is 36.7 Å². The molecule has 176 valence electrons. The van der Waals surface area contributed by atoms with Crippen LogP contribution in [0.25, 0.3) is 22.0 Å². The molecule has 7 nitrogen and oxygen atoms in total. The van der Waals surface area contributed by atoms with Gasteiger partial charge in [-0.1, -0.05) is 18.4 Å². The number of rotatable bonds is 6. The van der Waals surface area contributed by atoms with Gasteiger partial charge in [0.25, 0.3) is 5.91 Å². The third kappa shape index (κ3) is 5.14. The number of amides is 1. The number of H-pyrrole nitrogens is 1. The summed E-state index contributed by atoms with van der Waals surface area (Å²) in [6.07, 6.45) is 15.0. The van der Waals surface area contributed by atoms with E-state index in [0.29, 0.717) is 12.2 Å². The number of terminal acetylenes is 1. The highest BCUT2D eigenvalue weighted by atomic mass is 16.2. The van der Waals surface area contributed by atoms with Gasteiger partial charge in [-0.05, 0) is 68.1 Å². The number of carbonyl (C=O) groups is 1. The van der Waals surface area contributed by atoms with Crippen molar-refractivity contribution in [3.63, 3.8) is 0 Å². The van der Waals surface area contributed by atoms with Crippen LogP contribution in [-0.2, 0) is 6.54 Å². The lowest BCUT2D eigenvalue weighted by molar-refractivity contribution is 0.0911. The molecule has 0 spiro atoms. The molecule has 34 heavy (non-hydrogen) atoms. The molecule has 1 aromatic carbocycles. The van der Waals surface area contributed by atoms with Gasteiger partial charge >= 0.3 is 0 Å². The maximum Gasteiger partial charge on any atom is 0.272 e. The summed E-state index contributed by atoms with van der Waals surface area (Å²) >= 11 is 0. The molecular formula is C27H32N6O. The number of aromatic amines is 1. The molecule has 0 aliphatic carbocycles. The highest BCUT2D eigenvalue weighted by Crippen LogP contribution is 2.26. The Labute approximate surface area is 200 Å². The molecule has 4 heterocycles. The topological polar surface area (TPSA) is 77.1 Å². The zero-order valence-electron chi connectivity index (χ0n) is 19.6. The van der Waals surface area contributed by atoms with Crippen LogP contribution in [0, 0.1) is 12.3 Å². The molecule has 2 fully saturated rings. The number of nitrogens with zero attached hydrogens (tertiary/aromatic N) is 4. The summed E-state index contributed by atoms with van der Waals surface area (Å²) < 4.78 is 0. The van der Waals surface area contributed by atoms with E-state index in [1.807, 2.05) is 24.5 Å². The predicted molar refractivity (Wildman–Crippen MR) is 134 cm³/mol. The van der Waals surface area contributed by atoms with Crippen LogP contribution in [0.3, 0.4) is 0 Å². The van der Waals surface area contributed by atoms with Gasteiger partial charge in [-0.3, -0.25) is 24.7 Å². The highest BCUT2D eigenvalue weighted by Gasteiger charge is 2.23. The summed E-state index contributed by atoms with van der Waals surface area (Å²) in [5.41, 5.74) is 4.62. The van der Waals surface area contributed by atoms with Gasteiger partial charge in [0.1, 0.15) is 0 Å². The molecule has 2 aliphatic rings. The average molecular weight is 457 g/mol. The van der Waals surface area contributed by atoms with E-state index in [2.05, 4.69) is 48.4 Å². The summed E-state index contributed by atoms with van der Waals surface area (Å²) in [5, 5.41) is 11.4. The van der Waals surface area contributed by atoms with E-state index in [1.54, 1.807) is 0 Å². The zero-order chi connectivity index (χ0) is 23.3. The van der Waals surface area contributed by atoms with Crippen molar-refractivity contribution in [1.82, 2.24) is 30.3 Å². The molecule has 1 amide bonds. The van der Waals surface area contributed by atoms with E-state index in [4.69, 9.17) is 6.42 Å². The molecule has 7 heteroatoms. The Morgan fingerprint density at radius 3 is 2.68 bits per heavy atom. The van der Waals surface area contributed by atoms with E-state index in [1.165, 1.54) is 24.8 Å². The molecule has 5 rings (SSSR count). The van der Waals surface area contributed by atoms with Crippen molar-refractivity contribution < 1.29 is 4.79 Å². The van der Waals surface area contributed by atoms with Gasteiger partial charge in [0.05, 0.1) is 12.1 Å². The van der Waals surface area contributed by atoms with Gasteiger partial charge in [-0.25, -0.2) is 0 Å². The normalized spacial score (nSPS) is 18.1. The minimum absolute atomic E-state index is 0.129. The van der Waals surface area contributed by atoms with Gasteiger partial charge in [0.15, 0.2) is 5.69 Å². The van der Waals surface area contributed by atoms with Gasteiger partial charge in [0, 0.05) is 49.0 Å². The largest absolute Gasteiger partial charge is 0.348 e. The van der Waals surface area contributed by atoms with Gasteiger partial charge < -0.3 is 5.32 Å². The molecule has 0 radical (unpaired) electrons. The molecule has 0 saturated carbocycles. The quantitative estimate of drug-likeness (QED) is 0.556. The van der Waals surface area contributed by atoms with Crippen molar-refractivity contribution in [2.75, 3.05) is 32.7 Å². The van der Waals surface area contributed by atoms with E-state index >= 15 is 0 Å². The maximum atomic E-state index is 13.1. The first-order valence-electron chi connectivity index (χ1n) is 12.3.